The third-order valence-electron chi connectivity index (χ3n) is 8.91. The summed E-state index contributed by atoms with van der Waals surface area (Å²) in [4.78, 5) is 35.1. The van der Waals surface area contributed by atoms with Gasteiger partial charge in [-0.1, -0.05) is 25.5 Å². The lowest BCUT2D eigenvalue weighted by molar-refractivity contribution is -0.172. The van der Waals surface area contributed by atoms with Crippen LogP contribution in [0.2, 0.25) is 0 Å². The van der Waals surface area contributed by atoms with Gasteiger partial charge in [-0.25, -0.2) is 0 Å². The molecule has 0 bridgehead atoms. The number of hydrogen-bond donors (Lipinski definition) is 0. The third kappa shape index (κ3) is 3.80. The molecule has 4 aliphatic rings. The predicted octanol–water partition coefficient (Wildman–Crippen LogP) is 4.35. The molecule has 0 N–H and O–H groups in total. The van der Waals surface area contributed by atoms with Gasteiger partial charge in [-0.15, -0.1) is 0 Å². The summed E-state index contributed by atoms with van der Waals surface area (Å²) in [5, 5.41) is 0. The number of allylic oxidation sites excluding steroid dienone is 1. The number of fused-ring (bicyclic) bond motifs is 5. The largest absolute Gasteiger partial charge is 0.462 e. The molecule has 3 saturated carbocycles. The van der Waals surface area contributed by atoms with Crippen molar-refractivity contribution < 1.29 is 28.6 Å². The van der Waals surface area contributed by atoms with Crippen LogP contribution in [0.1, 0.15) is 79.6 Å². The first kappa shape index (κ1) is 22.3. The molecule has 172 valence electrons. The zero-order valence-corrected chi connectivity index (χ0v) is 19.4. The highest BCUT2D eigenvalue weighted by atomic mass is 16.6. The van der Waals surface area contributed by atoms with Crippen LogP contribution in [0.5, 0.6) is 0 Å². The maximum Gasteiger partial charge on any atom is 0.303 e. The third-order valence-corrected chi connectivity index (χ3v) is 8.91. The molecule has 0 heterocycles. The highest BCUT2D eigenvalue weighted by molar-refractivity contribution is 5.67. The lowest BCUT2D eigenvalue weighted by Gasteiger charge is -2.57. The fraction of sp³-hybridized carbons (Fsp3) is 0.800. The molecule has 31 heavy (non-hydrogen) atoms. The minimum Gasteiger partial charge on any atom is -0.462 e. The SMILES string of the molecule is CC(=O)O[C@@H]1CC[C@@]2(C)C(=CC[C@@H]3[C@@H]4C[C@@H](OC(C)=O)[C@H](OC(C)=O)[C@@]4(C)CC[C@@H]32)C1. The van der Waals surface area contributed by atoms with Gasteiger partial charge in [0.15, 0.2) is 0 Å². The Hall–Kier alpha value is -1.85. The van der Waals surface area contributed by atoms with Crippen molar-refractivity contribution in [1.29, 1.82) is 0 Å². The first-order valence-corrected chi connectivity index (χ1v) is 11.8. The summed E-state index contributed by atoms with van der Waals surface area (Å²) in [6, 6.07) is 0. The molecule has 0 saturated heterocycles. The van der Waals surface area contributed by atoms with Crippen molar-refractivity contribution in [2.24, 2.45) is 28.6 Å². The Balaban J connectivity index is 1.60. The molecule has 0 unspecified atom stereocenters. The zero-order valence-electron chi connectivity index (χ0n) is 19.4. The van der Waals surface area contributed by atoms with Crippen LogP contribution < -0.4 is 0 Å². The van der Waals surface area contributed by atoms with Crippen molar-refractivity contribution in [2.75, 3.05) is 0 Å². The molecule has 0 aromatic heterocycles. The van der Waals surface area contributed by atoms with Crippen molar-refractivity contribution in [3.8, 4) is 0 Å². The van der Waals surface area contributed by atoms with Crippen LogP contribution in [0, 0.1) is 28.6 Å². The standard InChI is InChI=1S/C25H36O6/c1-14(26)29-18-8-10-24(4)17(12-18)6-7-19-20(24)9-11-25(5)21(19)13-22(30-15(2)27)23(25)31-16(3)28/h6,18-23H,7-13H2,1-5H3/t18-,19+,20+,21+,22-,23+,24+,25+/m1/s1. The van der Waals surface area contributed by atoms with E-state index in [-0.39, 0.29) is 47.0 Å². The molecular weight excluding hydrogens is 396 g/mol. The summed E-state index contributed by atoms with van der Waals surface area (Å²) in [5.74, 6) is 0.556. The molecule has 0 aromatic rings. The van der Waals surface area contributed by atoms with E-state index in [0.717, 1.165) is 44.9 Å². The summed E-state index contributed by atoms with van der Waals surface area (Å²) in [6.45, 7) is 8.97. The minimum atomic E-state index is -0.377. The van der Waals surface area contributed by atoms with E-state index < -0.39 is 0 Å². The predicted molar refractivity (Wildman–Crippen MR) is 114 cm³/mol. The summed E-state index contributed by atoms with van der Waals surface area (Å²) in [6.07, 6.45) is 8.20. The summed E-state index contributed by atoms with van der Waals surface area (Å²) >= 11 is 0. The van der Waals surface area contributed by atoms with Gasteiger partial charge in [0.05, 0.1) is 0 Å². The molecule has 0 spiro atoms. The molecule has 0 aromatic carbocycles. The van der Waals surface area contributed by atoms with Crippen LogP contribution in [0.25, 0.3) is 0 Å². The maximum atomic E-state index is 11.9. The van der Waals surface area contributed by atoms with E-state index in [4.69, 9.17) is 14.2 Å². The lowest BCUT2D eigenvalue weighted by Crippen LogP contribution is -2.52. The van der Waals surface area contributed by atoms with Crippen LogP contribution in [0.15, 0.2) is 11.6 Å². The van der Waals surface area contributed by atoms with E-state index in [2.05, 4.69) is 19.9 Å². The molecule has 6 nitrogen and oxygen atoms in total. The highest BCUT2D eigenvalue weighted by Gasteiger charge is 2.63. The first-order chi connectivity index (χ1) is 14.5. The Kier molecular flexibility index (Phi) is 5.72. The summed E-state index contributed by atoms with van der Waals surface area (Å²) in [5.41, 5.74) is 1.39. The van der Waals surface area contributed by atoms with E-state index in [1.165, 1.54) is 26.3 Å². The Morgan fingerprint density at radius 2 is 1.58 bits per heavy atom. The fourth-order valence-electron chi connectivity index (χ4n) is 7.62. The number of carbonyl (C=O) groups is 3. The van der Waals surface area contributed by atoms with Crippen LogP contribution in [0.4, 0.5) is 0 Å². The smallest absolute Gasteiger partial charge is 0.303 e. The quantitative estimate of drug-likeness (QED) is 0.375. The van der Waals surface area contributed by atoms with Crippen LogP contribution in [0.3, 0.4) is 0 Å². The van der Waals surface area contributed by atoms with Gasteiger partial charge >= 0.3 is 17.9 Å². The van der Waals surface area contributed by atoms with Gasteiger partial charge in [-0.05, 0) is 61.7 Å². The zero-order chi connectivity index (χ0) is 22.6. The van der Waals surface area contributed by atoms with Gasteiger partial charge in [0.25, 0.3) is 0 Å². The average molecular weight is 433 g/mol. The number of rotatable bonds is 3. The average Bonchev–Trinajstić information content (AvgIpc) is 2.92. The molecule has 8 atom stereocenters. The van der Waals surface area contributed by atoms with Crippen molar-refractivity contribution >= 4 is 17.9 Å². The fourth-order valence-corrected chi connectivity index (χ4v) is 7.62. The Morgan fingerprint density at radius 3 is 2.23 bits per heavy atom. The summed E-state index contributed by atoms with van der Waals surface area (Å²) in [7, 11) is 0. The van der Waals surface area contributed by atoms with E-state index >= 15 is 0 Å². The molecule has 0 radical (unpaired) electrons. The molecule has 6 heteroatoms. The van der Waals surface area contributed by atoms with Gasteiger partial charge in [0.1, 0.15) is 18.3 Å². The second kappa shape index (κ2) is 7.93. The molecule has 4 aliphatic carbocycles. The molecule has 0 amide bonds. The molecule has 4 rings (SSSR count). The minimum absolute atomic E-state index is 0.00425. The van der Waals surface area contributed by atoms with Crippen LogP contribution in [-0.4, -0.2) is 36.2 Å². The van der Waals surface area contributed by atoms with Crippen molar-refractivity contribution in [1.82, 2.24) is 0 Å². The van der Waals surface area contributed by atoms with E-state index in [9.17, 15) is 14.4 Å². The number of carbonyl (C=O) groups excluding carboxylic acids is 3. The summed E-state index contributed by atoms with van der Waals surface area (Å²) < 4.78 is 17.0. The van der Waals surface area contributed by atoms with Crippen molar-refractivity contribution in [3.63, 3.8) is 0 Å². The van der Waals surface area contributed by atoms with Crippen LogP contribution in [-0.2, 0) is 28.6 Å². The topological polar surface area (TPSA) is 78.9 Å². The molecule has 0 aliphatic heterocycles. The van der Waals surface area contributed by atoms with Crippen molar-refractivity contribution in [3.05, 3.63) is 11.6 Å². The van der Waals surface area contributed by atoms with E-state index in [1.54, 1.807) is 0 Å². The second-order valence-corrected chi connectivity index (χ2v) is 10.7. The maximum absolute atomic E-state index is 11.9. The van der Waals surface area contributed by atoms with Crippen molar-refractivity contribution in [2.45, 2.75) is 97.9 Å². The van der Waals surface area contributed by atoms with E-state index in [1.807, 2.05) is 0 Å². The van der Waals surface area contributed by atoms with Gasteiger partial charge < -0.3 is 14.2 Å². The van der Waals surface area contributed by atoms with E-state index in [0.29, 0.717) is 17.8 Å². The number of esters is 3. The Morgan fingerprint density at radius 1 is 0.903 bits per heavy atom. The Bertz CT molecular complexity index is 802. The lowest BCUT2D eigenvalue weighted by atomic mass is 9.48. The highest BCUT2D eigenvalue weighted by Crippen LogP contribution is 2.65. The van der Waals surface area contributed by atoms with Crippen LogP contribution >= 0.6 is 0 Å². The van der Waals surface area contributed by atoms with Gasteiger partial charge in [-0.2, -0.15) is 0 Å². The molecule has 3 fully saturated rings. The van der Waals surface area contributed by atoms with Gasteiger partial charge in [-0.3, -0.25) is 14.4 Å². The number of ether oxygens (including phenoxy) is 3. The molecular formula is C25H36O6. The number of hydrogen-bond acceptors (Lipinski definition) is 6. The second-order valence-electron chi connectivity index (χ2n) is 10.7. The normalized spacial score (nSPS) is 43.6. The Labute approximate surface area is 185 Å². The monoisotopic (exact) mass is 432 g/mol. The first-order valence-electron chi connectivity index (χ1n) is 11.8. The van der Waals surface area contributed by atoms with Gasteiger partial charge in [0.2, 0.25) is 0 Å². The van der Waals surface area contributed by atoms with Gasteiger partial charge in [0, 0.05) is 32.6 Å².